The number of aliphatic carboxylic acids is 2. The van der Waals surface area contributed by atoms with Crippen molar-refractivity contribution in [3.63, 3.8) is 0 Å². The van der Waals surface area contributed by atoms with Gasteiger partial charge in [-0.2, -0.15) is 0 Å². The lowest BCUT2D eigenvalue weighted by Gasteiger charge is -2.31. The average molecular weight is 675 g/mol. The summed E-state index contributed by atoms with van der Waals surface area (Å²) in [6, 6.07) is 12.1. The third-order valence-electron chi connectivity index (χ3n) is 8.39. The number of carboxylic acids is 2. The Balaban J connectivity index is 0.000000274. The number of hydrogen-bond donors (Lipinski definition) is 4. The lowest BCUT2D eigenvalue weighted by atomic mass is 9.93. The molecule has 2 saturated carbocycles. The SMILES string of the molecule is COc1ccc(C(C)OC2CCCCC2N)cc1OC.COc1ccc(C(C)OC2CCCCC2N)cc1OC.O=C(O)/C=C\C(=O)O. The van der Waals surface area contributed by atoms with E-state index in [1.165, 1.54) is 25.7 Å². The summed E-state index contributed by atoms with van der Waals surface area (Å²) < 4.78 is 33.5. The highest BCUT2D eigenvalue weighted by Gasteiger charge is 2.26. The van der Waals surface area contributed by atoms with Crippen LogP contribution in [0.25, 0.3) is 0 Å². The van der Waals surface area contributed by atoms with E-state index in [0.29, 0.717) is 12.2 Å². The van der Waals surface area contributed by atoms with Crippen LogP contribution in [-0.2, 0) is 19.1 Å². The van der Waals surface area contributed by atoms with Gasteiger partial charge in [-0.3, -0.25) is 0 Å². The molecule has 268 valence electrons. The van der Waals surface area contributed by atoms with Gasteiger partial charge in [0.2, 0.25) is 0 Å². The van der Waals surface area contributed by atoms with Crippen molar-refractivity contribution in [3.05, 3.63) is 59.7 Å². The van der Waals surface area contributed by atoms with Gasteiger partial charge in [0.25, 0.3) is 0 Å². The fraction of sp³-hybridized carbons (Fsp3) is 0.556. The van der Waals surface area contributed by atoms with Crippen LogP contribution in [0, 0.1) is 0 Å². The van der Waals surface area contributed by atoms with Gasteiger partial charge < -0.3 is 50.1 Å². The molecule has 48 heavy (non-hydrogen) atoms. The normalized spacial score (nSPS) is 21.8. The van der Waals surface area contributed by atoms with Crippen LogP contribution in [0.4, 0.5) is 0 Å². The number of carboxylic acid groups (broad SMARTS) is 2. The maximum atomic E-state index is 9.55. The Hall–Kier alpha value is -3.84. The first-order chi connectivity index (χ1) is 22.9. The second-order valence-electron chi connectivity index (χ2n) is 11.8. The Bertz CT molecular complexity index is 1210. The first-order valence-corrected chi connectivity index (χ1v) is 16.3. The Labute approximate surface area is 284 Å². The van der Waals surface area contributed by atoms with E-state index in [0.717, 1.165) is 59.8 Å². The minimum atomic E-state index is -1.26. The topological polar surface area (TPSA) is 182 Å². The predicted octanol–water partition coefficient (Wildman–Crippen LogP) is 5.81. The molecule has 2 fully saturated rings. The van der Waals surface area contributed by atoms with Crippen LogP contribution >= 0.6 is 0 Å². The van der Waals surface area contributed by atoms with Gasteiger partial charge in [-0.15, -0.1) is 0 Å². The molecular weight excluding hydrogens is 620 g/mol. The summed E-state index contributed by atoms with van der Waals surface area (Å²) in [5.41, 5.74) is 14.4. The summed E-state index contributed by atoms with van der Waals surface area (Å²) in [4.78, 5) is 19.1. The molecule has 2 aromatic rings. The van der Waals surface area contributed by atoms with Gasteiger partial charge in [-0.1, -0.05) is 37.8 Å². The van der Waals surface area contributed by atoms with Gasteiger partial charge in [0, 0.05) is 24.2 Å². The Morgan fingerprint density at radius 1 is 0.625 bits per heavy atom. The van der Waals surface area contributed by atoms with Crippen LogP contribution in [0.1, 0.15) is 88.5 Å². The standard InChI is InChI=1S/2C16H25NO3.C4H4O4/c2*1-11(20-14-7-5-4-6-13(14)17)12-8-9-15(18-2)16(10-12)19-3;5-3(6)1-2-4(7)8/h2*8-11,13-14H,4-7,17H2,1-3H3;1-2H,(H,5,6)(H,7,8)/b;;2-1-. The van der Waals surface area contributed by atoms with Crippen molar-refractivity contribution >= 4 is 11.9 Å². The van der Waals surface area contributed by atoms with Crippen molar-refractivity contribution in [3.8, 4) is 23.0 Å². The van der Waals surface area contributed by atoms with Crippen LogP contribution in [0.5, 0.6) is 23.0 Å². The van der Waals surface area contributed by atoms with Gasteiger partial charge in [-0.05, 0) is 74.9 Å². The van der Waals surface area contributed by atoms with E-state index >= 15 is 0 Å². The average Bonchev–Trinajstić information content (AvgIpc) is 3.09. The highest BCUT2D eigenvalue weighted by atomic mass is 16.5. The van der Waals surface area contributed by atoms with Gasteiger partial charge in [0.1, 0.15) is 0 Å². The summed E-state index contributed by atoms with van der Waals surface area (Å²) in [6.45, 7) is 4.12. The van der Waals surface area contributed by atoms with E-state index in [-0.39, 0.29) is 36.5 Å². The molecule has 4 rings (SSSR count). The third-order valence-corrected chi connectivity index (χ3v) is 8.39. The fourth-order valence-electron chi connectivity index (χ4n) is 5.62. The summed E-state index contributed by atoms with van der Waals surface area (Å²) >= 11 is 0. The molecule has 0 heterocycles. The van der Waals surface area contributed by atoms with Crippen molar-refractivity contribution in [1.82, 2.24) is 0 Å². The summed E-state index contributed by atoms with van der Waals surface area (Å²) in [7, 11) is 6.56. The maximum Gasteiger partial charge on any atom is 0.328 e. The molecular formula is C36H54N2O10. The van der Waals surface area contributed by atoms with E-state index in [1.54, 1.807) is 28.4 Å². The molecule has 6 N–H and O–H groups in total. The van der Waals surface area contributed by atoms with Gasteiger partial charge in [-0.25, -0.2) is 9.59 Å². The first kappa shape index (κ1) is 40.3. The number of methoxy groups -OCH3 is 4. The monoisotopic (exact) mass is 674 g/mol. The van der Waals surface area contributed by atoms with Crippen molar-refractivity contribution < 1.29 is 48.2 Å². The molecule has 0 saturated heterocycles. The molecule has 12 nitrogen and oxygen atoms in total. The van der Waals surface area contributed by atoms with E-state index in [1.807, 2.05) is 36.4 Å². The molecule has 0 spiro atoms. The number of benzene rings is 2. The van der Waals surface area contributed by atoms with E-state index in [4.69, 9.17) is 50.1 Å². The summed E-state index contributed by atoms with van der Waals surface area (Å²) in [5, 5.41) is 15.6. The van der Waals surface area contributed by atoms with E-state index in [9.17, 15) is 9.59 Å². The third kappa shape index (κ3) is 13.3. The highest BCUT2D eigenvalue weighted by molar-refractivity contribution is 5.89. The first-order valence-electron chi connectivity index (χ1n) is 16.3. The number of ether oxygens (including phenoxy) is 6. The van der Waals surface area contributed by atoms with Crippen molar-refractivity contribution in [2.75, 3.05) is 28.4 Å². The van der Waals surface area contributed by atoms with Crippen molar-refractivity contribution in [1.29, 1.82) is 0 Å². The molecule has 6 unspecified atom stereocenters. The Kier molecular flexibility index (Phi) is 17.8. The maximum absolute atomic E-state index is 9.55. The number of rotatable bonds is 12. The van der Waals surface area contributed by atoms with Crippen LogP contribution < -0.4 is 30.4 Å². The predicted molar refractivity (Wildman–Crippen MR) is 183 cm³/mol. The second-order valence-corrected chi connectivity index (χ2v) is 11.8. The van der Waals surface area contributed by atoms with Crippen molar-refractivity contribution in [2.45, 2.75) is 102 Å². The zero-order valence-corrected chi connectivity index (χ0v) is 29.1. The molecule has 0 aromatic heterocycles. The van der Waals surface area contributed by atoms with Crippen LogP contribution in [0.3, 0.4) is 0 Å². The summed E-state index contributed by atoms with van der Waals surface area (Å²) in [6.07, 6.45) is 10.5. The fourth-order valence-corrected chi connectivity index (χ4v) is 5.62. The lowest BCUT2D eigenvalue weighted by molar-refractivity contribution is -0.134. The van der Waals surface area contributed by atoms with Crippen LogP contribution in [0.2, 0.25) is 0 Å². The minimum absolute atomic E-state index is 0.00366. The number of nitrogens with two attached hydrogens (primary N) is 2. The van der Waals surface area contributed by atoms with E-state index < -0.39 is 11.9 Å². The Morgan fingerprint density at radius 2 is 0.958 bits per heavy atom. The number of hydrogen-bond acceptors (Lipinski definition) is 10. The molecule has 12 heteroatoms. The molecule has 0 aliphatic heterocycles. The molecule has 2 aromatic carbocycles. The van der Waals surface area contributed by atoms with Crippen LogP contribution in [-0.4, -0.2) is 74.9 Å². The van der Waals surface area contributed by atoms with Gasteiger partial charge in [0.15, 0.2) is 23.0 Å². The quantitative estimate of drug-likeness (QED) is 0.199. The van der Waals surface area contributed by atoms with Crippen molar-refractivity contribution in [2.24, 2.45) is 11.5 Å². The largest absolute Gasteiger partial charge is 0.493 e. The molecule has 0 bridgehead atoms. The minimum Gasteiger partial charge on any atom is -0.493 e. The zero-order valence-electron chi connectivity index (χ0n) is 29.1. The Morgan fingerprint density at radius 3 is 1.25 bits per heavy atom. The molecule has 2 aliphatic rings. The van der Waals surface area contributed by atoms with Gasteiger partial charge in [0.05, 0.1) is 52.9 Å². The molecule has 0 radical (unpaired) electrons. The van der Waals surface area contributed by atoms with Gasteiger partial charge >= 0.3 is 11.9 Å². The smallest absolute Gasteiger partial charge is 0.328 e. The van der Waals surface area contributed by atoms with E-state index in [2.05, 4.69) is 13.8 Å². The second kappa shape index (κ2) is 21.2. The summed E-state index contributed by atoms with van der Waals surface area (Å²) in [5.74, 6) is 0.414. The highest BCUT2D eigenvalue weighted by Crippen LogP contribution is 2.34. The lowest BCUT2D eigenvalue weighted by Crippen LogP contribution is -2.39. The number of carbonyl (C=O) groups is 2. The zero-order chi connectivity index (χ0) is 35.6. The molecule has 0 amide bonds. The molecule has 2 aliphatic carbocycles. The molecule has 6 atom stereocenters. The van der Waals surface area contributed by atoms with Crippen LogP contribution in [0.15, 0.2) is 48.6 Å².